The summed E-state index contributed by atoms with van der Waals surface area (Å²) in [5.41, 5.74) is 3.08. The molecule has 16 heavy (non-hydrogen) atoms. The second-order valence-electron chi connectivity index (χ2n) is 4.27. The summed E-state index contributed by atoms with van der Waals surface area (Å²) < 4.78 is 0. The van der Waals surface area contributed by atoms with Crippen LogP contribution in [0, 0.1) is 0 Å². The van der Waals surface area contributed by atoms with Gasteiger partial charge in [-0.15, -0.1) is 0 Å². The van der Waals surface area contributed by atoms with Crippen molar-refractivity contribution < 1.29 is 0 Å². The maximum Gasteiger partial charge on any atom is 0.136 e. The lowest BCUT2D eigenvalue weighted by molar-refractivity contribution is 0.485. The lowest BCUT2D eigenvalue weighted by atomic mass is 10.2. The van der Waals surface area contributed by atoms with Crippen LogP contribution in [-0.2, 0) is 0 Å². The van der Waals surface area contributed by atoms with Crippen molar-refractivity contribution in [2.75, 3.05) is 24.5 Å². The summed E-state index contributed by atoms with van der Waals surface area (Å²) in [5, 5.41) is 14.5. The number of aromatic nitrogens is 3. The zero-order valence-corrected chi connectivity index (χ0v) is 9.27. The molecule has 1 atom stereocenters. The molecule has 1 aliphatic rings. The summed E-state index contributed by atoms with van der Waals surface area (Å²) in [5.74, 6) is 0. The van der Waals surface area contributed by atoms with Crippen LogP contribution >= 0.6 is 0 Å². The van der Waals surface area contributed by atoms with Crippen LogP contribution < -0.4 is 10.2 Å². The first-order valence-electron chi connectivity index (χ1n) is 5.62. The minimum atomic E-state index is 0.524. The minimum absolute atomic E-state index is 0.524. The Labute approximate surface area is 93.8 Å². The quantitative estimate of drug-likeness (QED) is 0.740. The van der Waals surface area contributed by atoms with Crippen LogP contribution in [-0.4, -0.2) is 41.1 Å². The van der Waals surface area contributed by atoms with Gasteiger partial charge < -0.3 is 10.2 Å². The second kappa shape index (κ2) is 3.75. The Morgan fingerprint density at radius 2 is 2.31 bits per heavy atom. The summed E-state index contributed by atoms with van der Waals surface area (Å²) in [6.07, 6.45) is 0. The Kier molecular flexibility index (Phi) is 2.25. The highest BCUT2D eigenvalue weighted by Gasteiger charge is 2.18. The highest BCUT2D eigenvalue weighted by atomic mass is 15.3. The van der Waals surface area contributed by atoms with Crippen molar-refractivity contribution >= 4 is 16.7 Å². The molecule has 0 spiro atoms. The van der Waals surface area contributed by atoms with E-state index in [0.717, 1.165) is 30.7 Å². The second-order valence-corrected chi connectivity index (χ2v) is 4.27. The molecule has 1 fully saturated rings. The maximum atomic E-state index is 4.22. The molecule has 0 saturated carbocycles. The molecule has 1 aromatic heterocycles. The van der Waals surface area contributed by atoms with Crippen molar-refractivity contribution in [3.63, 3.8) is 0 Å². The summed E-state index contributed by atoms with van der Waals surface area (Å²) in [6, 6.07) is 6.65. The maximum absolute atomic E-state index is 4.22. The van der Waals surface area contributed by atoms with Gasteiger partial charge in [0.05, 0.1) is 5.69 Å². The number of benzene rings is 1. The van der Waals surface area contributed by atoms with E-state index in [9.17, 15) is 0 Å². The number of hydrogen-bond donors (Lipinski definition) is 2. The SMILES string of the molecule is CC1CN(c2cccc3n[nH]nc23)CCN1. The smallest absolute Gasteiger partial charge is 0.136 e. The number of H-pyrrole nitrogens is 1. The number of aromatic amines is 1. The van der Waals surface area contributed by atoms with Gasteiger partial charge in [0.1, 0.15) is 11.0 Å². The van der Waals surface area contributed by atoms with Gasteiger partial charge in [-0.25, -0.2) is 0 Å². The van der Waals surface area contributed by atoms with E-state index < -0.39 is 0 Å². The number of nitrogens with one attached hydrogen (secondary N) is 2. The van der Waals surface area contributed by atoms with E-state index in [1.165, 1.54) is 5.69 Å². The molecule has 1 aromatic carbocycles. The Morgan fingerprint density at radius 1 is 1.38 bits per heavy atom. The molecule has 5 heteroatoms. The Morgan fingerprint density at radius 3 is 3.19 bits per heavy atom. The van der Waals surface area contributed by atoms with Crippen molar-refractivity contribution in [1.29, 1.82) is 0 Å². The van der Waals surface area contributed by atoms with Gasteiger partial charge in [0.15, 0.2) is 0 Å². The topological polar surface area (TPSA) is 56.8 Å². The van der Waals surface area contributed by atoms with E-state index in [-0.39, 0.29) is 0 Å². The number of hydrogen-bond acceptors (Lipinski definition) is 4. The molecule has 1 saturated heterocycles. The lowest BCUT2D eigenvalue weighted by Crippen LogP contribution is -2.49. The van der Waals surface area contributed by atoms with Crippen LogP contribution in [0.25, 0.3) is 11.0 Å². The zero-order valence-electron chi connectivity index (χ0n) is 9.27. The minimum Gasteiger partial charge on any atom is -0.367 e. The fourth-order valence-electron chi connectivity index (χ4n) is 2.26. The molecule has 2 aromatic rings. The number of rotatable bonds is 1. The van der Waals surface area contributed by atoms with Crippen LogP contribution in [0.2, 0.25) is 0 Å². The Bertz CT molecular complexity index is 492. The summed E-state index contributed by atoms with van der Waals surface area (Å²) in [6.45, 7) is 5.27. The van der Waals surface area contributed by atoms with Crippen molar-refractivity contribution in [2.45, 2.75) is 13.0 Å². The van der Waals surface area contributed by atoms with Gasteiger partial charge in [-0.2, -0.15) is 15.4 Å². The van der Waals surface area contributed by atoms with Gasteiger partial charge in [-0.3, -0.25) is 0 Å². The standard InChI is InChI=1S/C11H15N5/c1-8-7-16(6-5-12-8)10-4-2-3-9-11(10)14-15-13-9/h2-4,8,12H,5-7H2,1H3,(H,13,14,15). The predicted octanol–water partition coefficient (Wildman–Crippen LogP) is 0.756. The van der Waals surface area contributed by atoms with Crippen molar-refractivity contribution in [3.8, 4) is 0 Å². The predicted molar refractivity (Wildman–Crippen MR) is 63.6 cm³/mol. The molecule has 84 valence electrons. The molecule has 5 nitrogen and oxygen atoms in total. The first-order chi connectivity index (χ1) is 7.84. The fourth-order valence-corrected chi connectivity index (χ4v) is 2.26. The van der Waals surface area contributed by atoms with Gasteiger partial charge in [-0.05, 0) is 19.1 Å². The molecule has 2 heterocycles. The number of fused-ring (bicyclic) bond motifs is 1. The Balaban J connectivity index is 2.01. The average molecular weight is 217 g/mol. The molecule has 0 radical (unpaired) electrons. The monoisotopic (exact) mass is 217 g/mol. The molecule has 1 aliphatic heterocycles. The number of anilines is 1. The molecule has 3 rings (SSSR count). The van der Waals surface area contributed by atoms with E-state index in [4.69, 9.17) is 0 Å². The highest BCUT2D eigenvalue weighted by Crippen LogP contribution is 2.24. The van der Waals surface area contributed by atoms with Crippen LogP contribution in [0.15, 0.2) is 18.2 Å². The van der Waals surface area contributed by atoms with Gasteiger partial charge in [0.25, 0.3) is 0 Å². The summed E-state index contributed by atoms with van der Waals surface area (Å²) in [4.78, 5) is 2.37. The van der Waals surface area contributed by atoms with Gasteiger partial charge in [0.2, 0.25) is 0 Å². The number of para-hydroxylation sites is 1. The van der Waals surface area contributed by atoms with Gasteiger partial charge in [-0.1, -0.05) is 6.07 Å². The van der Waals surface area contributed by atoms with E-state index in [1.54, 1.807) is 0 Å². The third-order valence-corrected chi connectivity index (χ3v) is 3.04. The fraction of sp³-hybridized carbons (Fsp3) is 0.455. The molecule has 0 amide bonds. The van der Waals surface area contributed by atoms with Crippen LogP contribution in [0.1, 0.15) is 6.92 Å². The molecule has 0 bridgehead atoms. The average Bonchev–Trinajstić information content (AvgIpc) is 2.76. The van der Waals surface area contributed by atoms with E-state index in [0.29, 0.717) is 6.04 Å². The first-order valence-corrected chi connectivity index (χ1v) is 5.62. The lowest BCUT2D eigenvalue weighted by Gasteiger charge is -2.33. The van der Waals surface area contributed by atoms with E-state index in [2.05, 4.69) is 38.6 Å². The molecule has 1 unspecified atom stereocenters. The van der Waals surface area contributed by atoms with Gasteiger partial charge in [0, 0.05) is 25.7 Å². The van der Waals surface area contributed by atoms with Crippen molar-refractivity contribution in [2.24, 2.45) is 0 Å². The highest BCUT2D eigenvalue weighted by molar-refractivity contribution is 5.87. The van der Waals surface area contributed by atoms with Crippen LogP contribution in [0.3, 0.4) is 0 Å². The van der Waals surface area contributed by atoms with Gasteiger partial charge >= 0.3 is 0 Å². The largest absolute Gasteiger partial charge is 0.367 e. The van der Waals surface area contributed by atoms with E-state index in [1.807, 2.05) is 12.1 Å². The normalized spacial score (nSPS) is 21.6. The summed E-state index contributed by atoms with van der Waals surface area (Å²) >= 11 is 0. The molecular weight excluding hydrogens is 202 g/mol. The first kappa shape index (κ1) is 9.59. The van der Waals surface area contributed by atoms with Crippen molar-refractivity contribution in [1.82, 2.24) is 20.7 Å². The van der Waals surface area contributed by atoms with Crippen LogP contribution in [0.4, 0.5) is 5.69 Å². The molecule has 2 N–H and O–H groups in total. The third kappa shape index (κ3) is 1.53. The Hall–Kier alpha value is -1.62. The molecule has 0 aliphatic carbocycles. The van der Waals surface area contributed by atoms with Crippen molar-refractivity contribution in [3.05, 3.63) is 18.2 Å². The van der Waals surface area contributed by atoms with E-state index >= 15 is 0 Å². The third-order valence-electron chi connectivity index (χ3n) is 3.04. The molecular formula is C11H15N5. The zero-order chi connectivity index (χ0) is 11.0. The van der Waals surface area contributed by atoms with Crippen LogP contribution in [0.5, 0.6) is 0 Å². The summed E-state index contributed by atoms with van der Waals surface area (Å²) in [7, 11) is 0. The number of nitrogens with zero attached hydrogens (tertiary/aromatic N) is 3. The number of piperazine rings is 1.